The number of anilines is 2. The highest BCUT2D eigenvalue weighted by molar-refractivity contribution is 6.03. The van der Waals surface area contributed by atoms with Gasteiger partial charge in [0.25, 0.3) is 5.91 Å². The number of nitrogens with two attached hydrogens (primary N) is 1. The van der Waals surface area contributed by atoms with Crippen LogP contribution >= 0.6 is 0 Å². The summed E-state index contributed by atoms with van der Waals surface area (Å²) < 4.78 is 6.64. The summed E-state index contributed by atoms with van der Waals surface area (Å²) in [7, 11) is 0. The molecule has 0 fully saturated rings. The third kappa shape index (κ3) is 2.30. The van der Waals surface area contributed by atoms with Gasteiger partial charge in [-0.2, -0.15) is 0 Å². The van der Waals surface area contributed by atoms with E-state index < -0.39 is 0 Å². The third-order valence-corrected chi connectivity index (χ3v) is 2.36. The van der Waals surface area contributed by atoms with Gasteiger partial charge in [-0.25, -0.2) is 0 Å². The summed E-state index contributed by atoms with van der Waals surface area (Å²) in [5, 5.41) is 6.34. The molecule has 0 aromatic carbocycles. The van der Waals surface area contributed by atoms with Crippen molar-refractivity contribution in [3.05, 3.63) is 29.8 Å². The fraction of sp³-hybridized carbons (Fsp3) is 0.273. The van der Waals surface area contributed by atoms with E-state index in [1.807, 2.05) is 6.92 Å². The molecule has 1 amide bonds. The van der Waals surface area contributed by atoms with Crippen LogP contribution in [-0.4, -0.2) is 15.6 Å². The SMILES string of the molecule is CCn1cc(N)cc1C(=O)Nc1cc(C)on1. The Bertz CT molecular complexity index is 541. The number of nitrogen functional groups attached to an aromatic ring is 1. The molecule has 0 aliphatic rings. The topological polar surface area (TPSA) is 86.1 Å². The van der Waals surface area contributed by atoms with Gasteiger partial charge < -0.3 is 20.1 Å². The molecule has 0 saturated heterocycles. The second kappa shape index (κ2) is 4.32. The number of carbonyl (C=O) groups excluding carboxylic acids is 1. The molecule has 0 bridgehead atoms. The van der Waals surface area contributed by atoms with E-state index in [2.05, 4.69) is 10.5 Å². The van der Waals surface area contributed by atoms with Gasteiger partial charge in [-0.1, -0.05) is 5.16 Å². The first kappa shape index (κ1) is 11.3. The zero-order chi connectivity index (χ0) is 12.4. The summed E-state index contributed by atoms with van der Waals surface area (Å²) in [6, 6.07) is 3.28. The number of rotatable bonds is 3. The lowest BCUT2D eigenvalue weighted by Crippen LogP contribution is -2.16. The van der Waals surface area contributed by atoms with Crippen molar-refractivity contribution in [1.29, 1.82) is 0 Å². The van der Waals surface area contributed by atoms with E-state index in [1.165, 1.54) is 0 Å². The average molecular weight is 234 g/mol. The van der Waals surface area contributed by atoms with Gasteiger partial charge in [0, 0.05) is 18.8 Å². The number of carbonyl (C=O) groups is 1. The van der Waals surface area contributed by atoms with E-state index in [1.54, 1.807) is 29.8 Å². The zero-order valence-corrected chi connectivity index (χ0v) is 9.73. The number of aryl methyl sites for hydroxylation is 2. The van der Waals surface area contributed by atoms with E-state index in [9.17, 15) is 4.79 Å². The Hall–Kier alpha value is -2.24. The first-order chi connectivity index (χ1) is 8.10. The highest BCUT2D eigenvalue weighted by atomic mass is 16.5. The van der Waals surface area contributed by atoms with Crippen LogP contribution in [-0.2, 0) is 6.54 Å². The lowest BCUT2D eigenvalue weighted by Gasteiger charge is -2.04. The maximum absolute atomic E-state index is 11.9. The normalized spacial score (nSPS) is 10.5. The van der Waals surface area contributed by atoms with Gasteiger partial charge in [0.15, 0.2) is 5.82 Å². The van der Waals surface area contributed by atoms with E-state index in [0.717, 1.165) is 0 Å². The summed E-state index contributed by atoms with van der Waals surface area (Å²) in [5.41, 5.74) is 6.72. The summed E-state index contributed by atoms with van der Waals surface area (Å²) in [6.45, 7) is 4.38. The summed E-state index contributed by atoms with van der Waals surface area (Å²) in [4.78, 5) is 11.9. The van der Waals surface area contributed by atoms with E-state index in [-0.39, 0.29) is 5.91 Å². The van der Waals surface area contributed by atoms with E-state index in [4.69, 9.17) is 10.3 Å². The number of amides is 1. The van der Waals surface area contributed by atoms with Crippen LogP contribution in [0.4, 0.5) is 11.5 Å². The van der Waals surface area contributed by atoms with Crippen molar-refractivity contribution in [1.82, 2.24) is 9.72 Å². The molecule has 17 heavy (non-hydrogen) atoms. The predicted molar refractivity (Wildman–Crippen MR) is 63.7 cm³/mol. The Morgan fingerprint density at radius 3 is 2.94 bits per heavy atom. The lowest BCUT2D eigenvalue weighted by molar-refractivity contribution is 0.101. The van der Waals surface area contributed by atoms with Gasteiger partial charge in [-0.15, -0.1) is 0 Å². The molecule has 0 atom stereocenters. The van der Waals surface area contributed by atoms with Gasteiger partial charge in [0.1, 0.15) is 11.5 Å². The molecule has 0 saturated carbocycles. The molecule has 2 aromatic rings. The zero-order valence-electron chi connectivity index (χ0n) is 9.73. The number of aromatic nitrogens is 2. The Labute approximate surface area is 98.4 Å². The molecule has 0 aliphatic heterocycles. The number of hydrogen-bond acceptors (Lipinski definition) is 4. The monoisotopic (exact) mass is 234 g/mol. The fourth-order valence-corrected chi connectivity index (χ4v) is 1.59. The minimum absolute atomic E-state index is 0.253. The van der Waals surface area contributed by atoms with Gasteiger partial charge in [0.05, 0.1) is 5.69 Å². The Kier molecular flexibility index (Phi) is 2.86. The first-order valence-electron chi connectivity index (χ1n) is 5.30. The first-order valence-corrected chi connectivity index (χ1v) is 5.30. The lowest BCUT2D eigenvalue weighted by atomic mass is 10.3. The standard InChI is InChI=1S/C11H14N4O2/c1-3-15-6-8(12)5-9(15)11(16)13-10-4-7(2)17-14-10/h4-6H,3,12H2,1-2H3,(H,13,14,16). The van der Waals surface area contributed by atoms with Crippen molar-refractivity contribution in [2.75, 3.05) is 11.1 Å². The molecule has 0 unspecified atom stereocenters. The number of hydrogen-bond donors (Lipinski definition) is 2. The molecule has 2 rings (SSSR count). The number of nitrogens with one attached hydrogen (secondary N) is 1. The molecule has 0 aliphatic carbocycles. The van der Waals surface area contributed by atoms with Crippen molar-refractivity contribution in [3.8, 4) is 0 Å². The molecule has 6 heteroatoms. The van der Waals surface area contributed by atoms with Gasteiger partial charge in [0.2, 0.25) is 0 Å². The van der Waals surface area contributed by atoms with Crippen molar-refractivity contribution >= 4 is 17.4 Å². The average Bonchev–Trinajstić information content (AvgIpc) is 2.84. The Morgan fingerprint density at radius 2 is 2.35 bits per heavy atom. The van der Waals surface area contributed by atoms with Crippen LogP contribution in [0.1, 0.15) is 23.2 Å². The quantitative estimate of drug-likeness (QED) is 0.845. The molecule has 90 valence electrons. The van der Waals surface area contributed by atoms with Crippen LogP contribution in [0.25, 0.3) is 0 Å². The second-order valence-corrected chi connectivity index (χ2v) is 3.72. The molecule has 6 nitrogen and oxygen atoms in total. The molecule has 3 N–H and O–H groups in total. The Balaban J connectivity index is 2.19. The van der Waals surface area contributed by atoms with Gasteiger partial charge >= 0.3 is 0 Å². The highest BCUT2D eigenvalue weighted by Gasteiger charge is 2.13. The van der Waals surface area contributed by atoms with Gasteiger partial charge in [-0.3, -0.25) is 4.79 Å². The van der Waals surface area contributed by atoms with Crippen molar-refractivity contribution in [3.63, 3.8) is 0 Å². The molecular weight excluding hydrogens is 220 g/mol. The molecule has 2 aromatic heterocycles. The highest BCUT2D eigenvalue weighted by Crippen LogP contribution is 2.13. The summed E-state index contributed by atoms with van der Waals surface area (Å²) in [6.07, 6.45) is 1.73. The maximum atomic E-state index is 11.9. The molecule has 0 spiro atoms. The summed E-state index contributed by atoms with van der Waals surface area (Å²) in [5.74, 6) is 0.789. The molecule has 0 radical (unpaired) electrons. The second-order valence-electron chi connectivity index (χ2n) is 3.72. The Morgan fingerprint density at radius 1 is 1.59 bits per heavy atom. The smallest absolute Gasteiger partial charge is 0.273 e. The largest absolute Gasteiger partial charge is 0.397 e. The van der Waals surface area contributed by atoms with Gasteiger partial charge in [-0.05, 0) is 19.9 Å². The van der Waals surface area contributed by atoms with Crippen LogP contribution in [0.5, 0.6) is 0 Å². The van der Waals surface area contributed by atoms with Crippen LogP contribution < -0.4 is 11.1 Å². The minimum atomic E-state index is -0.253. The minimum Gasteiger partial charge on any atom is -0.397 e. The van der Waals surface area contributed by atoms with Crippen LogP contribution in [0, 0.1) is 6.92 Å². The van der Waals surface area contributed by atoms with Crippen LogP contribution in [0.3, 0.4) is 0 Å². The van der Waals surface area contributed by atoms with Crippen LogP contribution in [0.15, 0.2) is 22.9 Å². The van der Waals surface area contributed by atoms with Crippen molar-refractivity contribution in [2.45, 2.75) is 20.4 Å². The molecular formula is C11H14N4O2. The van der Waals surface area contributed by atoms with E-state index in [0.29, 0.717) is 29.5 Å². The van der Waals surface area contributed by atoms with Crippen molar-refractivity contribution < 1.29 is 9.32 Å². The summed E-state index contributed by atoms with van der Waals surface area (Å²) >= 11 is 0. The maximum Gasteiger partial charge on any atom is 0.273 e. The van der Waals surface area contributed by atoms with E-state index >= 15 is 0 Å². The molecule has 2 heterocycles. The number of nitrogens with zero attached hydrogens (tertiary/aromatic N) is 2. The van der Waals surface area contributed by atoms with Crippen molar-refractivity contribution in [2.24, 2.45) is 0 Å². The fourth-order valence-electron chi connectivity index (χ4n) is 1.59. The third-order valence-electron chi connectivity index (χ3n) is 2.36. The van der Waals surface area contributed by atoms with Crippen LogP contribution in [0.2, 0.25) is 0 Å². The predicted octanol–water partition coefficient (Wildman–Crippen LogP) is 1.64.